The molecule has 1 heterocycles. The van der Waals surface area contributed by atoms with Crippen molar-refractivity contribution in [2.45, 2.75) is 32.1 Å². The second-order valence-electron chi connectivity index (χ2n) is 6.25. The SMILES string of the molecule is CN(C)C(=O)c1cc(NCC2(CN)CCCCC2)ccn1. The molecule has 5 nitrogen and oxygen atoms in total. The van der Waals surface area contributed by atoms with Crippen molar-refractivity contribution in [2.75, 3.05) is 32.5 Å². The van der Waals surface area contributed by atoms with Gasteiger partial charge in [-0.1, -0.05) is 19.3 Å². The van der Waals surface area contributed by atoms with Crippen LogP contribution in [-0.4, -0.2) is 43.0 Å². The Morgan fingerprint density at radius 2 is 2.10 bits per heavy atom. The van der Waals surface area contributed by atoms with Crippen LogP contribution in [0.3, 0.4) is 0 Å². The van der Waals surface area contributed by atoms with Gasteiger partial charge in [-0.15, -0.1) is 0 Å². The van der Waals surface area contributed by atoms with Crippen LogP contribution in [0.1, 0.15) is 42.6 Å². The fourth-order valence-electron chi connectivity index (χ4n) is 2.93. The van der Waals surface area contributed by atoms with Gasteiger partial charge in [-0.05, 0) is 36.9 Å². The molecule has 0 atom stereocenters. The summed E-state index contributed by atoms with van der Waals surface area (Å²) in [5.41, 5.74) is 7.62. The molecule has 1 saturated carbocycles. The Bertz CT molecular complexity index is 481. The molecule has 116 valence electrons. The maximum absolute atomic E-state index is 11.9. The standard InChI is InChI=1S/C16H26N4O/c1-20(2)15(21)14-10-13(6-9-18-14)19-12-16(11-17)7-4-3-5-8-16/h6,9-10H,3-5,7-8,11-12,17H2,1-2H3,(H,18,19). The molecule has 2 rings (SSSR count). The van der Waals surface area contributed by atoms with Crippen LogP contribution in [-0.2, 0) is 0 Å². The van der Waals surface area contributed by atoms with E-state index in [0.29, 0.717) is 12.2 Å². The minimum absolute atomic E-state index is 0.0788. The molecule has 0 aliphatic heterocycles. The average molecular weight is 290 g/mol. The number of hydrogen-bond donors (Lipinski definition) is 2. The Balaban J connectivity index is 2.02. The number of nitrogens with two attached hydrogens (primary N) is 1. The summed E-state index contributed by atoms with van der Waals surface area (Å²) < 4.78 is 0. The molecule has 1 aliphatic rings. The van der Waals surface area contributed by atoms with E-state index < -0.39 is 0 Å². The molecule has 0 aromatic carbocycles. The highest BCUT2D eigenvalue weighted by atomic mass is 16.2. The predicted molar refractivity (Wildman–Crippen MR) is 85.3 cm³/mol. The highest BCUT2D eigenvalue weighted by Crippen LogP contribution is 2.35. The molecular formula is C16H26N4O. The molecule has 0 spiro atoms. The summed E-state index contributed by atoms with van der Waals surface area (Å²) >= 11 is 0. The van der Waals surface area contributed by atoms with Crippen LogP contribution >= 0.6 is 0 Å². The molecule has 0 radical (unpaired) electrons. The van der Waals surface area contributed by atoms with Gasteiger partial charge in [0.2, 0.25) is 0 Å². The van der Waals surface area contributed by atoms with Crippen molar-refractivity contribution < 1.29 is 4.79 Å². The quantitative estimate of drug-likeness (QED) is 0.871. The molecule has 0 bridgehead atoms. The van der Waals surface area contributed by atoms with E-state index in [0.717, 1.165) is 12.2 Å². The van der Waals surface area contributed by atoms with Gasteiger partial charge >= 0.3 is 0 Å². The van der Waals surface area contributed by atoms with Gasteiger partial charge in [-0.25, -0.2) is 0 Å². The molecule has 1 aromatic heterocycles. The minimum Gasteiger partial charge on any atom is -0.384 e. The number of nitrogens with zero attached hydrogens (tertiary/aromatic N) is 2. The lowest BCUT2D eigenvalue weighted by atomic mass is 9.74. The number of carbonyl (C=O) groups excluding carboxylic acids is 1. The van der Waals surface area contributed by atoms with E-state index in [-0.39, 0.29) is 11.3 Å². The van der Waals surface area contributed by atoms with Crippen LogP contribution in [0.25, 0.3) is 0 Å². The van der Waals surface area contributed by atoms with Gasteiger partial charge in [0.05, 0.1) is 0 Å². The molecule has 3 N–H and O–H groups in total. The van der Waals surface area contributed by atoms with Crippen molar-refractivity contribution in [2.24, 2.45) is 11.1 Å². The summed E-state index contributed by atoms with van der Waals surface area (Å²) in [6.07, 6.45) is 7.89. The Morgan fingerprint density at radius 3 is 2.71 bits per heavy atom. The van der Waals surface area contributed by atoms with Crippen LogP contribution in [0.5, 0.6) is 0 Å². The molecular weight excluding hydrogens is 264 g/mol. The van der Waals surface area contributed by atoms with E-state index in [1.165, 1.54) is 37.0 Å². The summed E-state index contributed by atoms with van der Waals surface area (Å²) in [4.78, 5) is 17.6. The predicted octanol–water partition coefficient (Wildman–Crippen LogP) is 2.10. The second kappa shape index (κ2) is 6.89. The molecule has 21 heavy (non-hydrogen) atoms. The fourth-order valence-corrected chi connectivity index (χ4v) is 2.93. The number of nitrogens with one attached hydrogen (secondary N) is 1. The lowest BCUT2D eigenvalue weighted by Gasteiger charge is -2.36. The number of anilines is 1. The van der Waals surface area contributed by atoms with Crippen molar-refractivity contribution >= 4 is 11.6 Å². The first kappa shape index (κ1) is 15.8. The Labute approximate surface area is 126 Å². The third kappa shape index (κ3) is 3.94. The number of rotatable bonds is 5. The van der Waals surface area contributed by atoms with Crippen molar-refractivity contribution in [1.82, 2.24) is 9.88 Å². The lowest BCUT2D eigenvalue weighted by molar-refractivity contribution is 0.0822. The van der Waals surface area contributed by atoms with Crippen LogP contribution in [0, 0.1) is 5.41 Å². The van der Waals surface area contributed by atoms with Gasteiger partial charge in [0, 0.05) is 32.5 Å². The third-order valence-electron chi connectivity index (χ3n) is 4.40. The van der Waals surface area contributed by atoms with Crippen LogP contribution in [0.15, 0.2) is 18.3 Å². The smallest absolute Gasteiger partial charge is 0.272 e. The maximum Gasteiger partial charge on any atom is 0.272 e. The molecule has 1 fully saturated rings. The van der Waals surface area contributed by atoms with E-state index in [9.17, 15) is 4.79 Å². The van der Waals surface area contributed by atoms with Gasteiger partial charge in [-0.3, -0.25) is 9.78 Å². The maximum atomic E-state index is 11.9. The Hall–Kier alpha value is -1.62. The normalized spacial score (nSPS) is 17.3. The summed E-state index contributed by atoms with van der Waals surface area (Å²) in [7, 11) is 3.46. The van der Waals surface area contributed by atoms with Crippen molar-refractivity contribution in [3.05, 3.63) is 24.0 Å². The first-order chi connectivity index (χ1) is 10.1. The van der Waals surface area contributed by atoms with E-state index in [1.54, 1.807) is 20.3 Å². The number of amides is 1. The average Bonchev–Trinajstić information content (AvgIpc) is 2.53. The number of carbonyl (C=O) groups is 1. The molecule has 1 aliphatic carbocycles. The van der Waals surface area contributed by atoms with Gasteiger partial charge < -0.3 is 16.0 Å². The summed E-state index contributed by atoms with van der Waals surface area (Å²) in [5, 5.41) is 3.45. The molecule has 0 saturated heterocycles. The highest BCUT2D eigenvalue weighted by molar-refractivity contribution is 5.92. The van der Waals surface area contributed by atoms with Gasteiger partial charge in [-0.2, -0.15) is 0 Å². The van der Waals surface area contributed by atoms with Crippen LogP contribution in [0.2, 0.25) is 0 Å². The summed E-state index contributed by atoms with van der Waals surface area (Å²) in [5.74, 6) is -0.0788. The number of aromatic nitrogens is 1. The second-order valence-corrected chi connectivity index (χ2v) is 6.25. The zero-order chi connectivity index (χ0) is 15.3. The van der Waals surface area contributed by atoms with E-state index >= 15 is 0 Å². The number of pyridine rings is 1. The molecule has 0 unspecified atom stereocenters. The summed E-state index contributed by atoms with van der Waals surface area (Å²) in [6.45, 7) is 1.58. The monoisotopic (exact) mass is 290 g/mol. The third-order valence-corrected chi connectivity index (χ3v) is 4.40. The van der Waals surface area contributed by atoms with Gasteiger partial charge in [0.15, 0.2) is 0 Å². The Kier molecular flexibility index (Phi) is 5.17. The fraction of sp³-hybridized carbons (Fsp3) is 0.625. The van der Waals surface area contributed by atoms with Crippen molar-refractivity contribution in [1.29, 1.82) is 0 Å². The van der Waals surface area contributed by atoms with Gasteiger partial charge in [0.25, 0.3) is 5.91 Å². The van der Waals surface area contributed by atoms with E-state index in [1.807, 2.05) is 12.1 Å². The van der Waals surface area contributed by atoms with Crippen LogP contribution < -0.4 is 11.1 Å². The molecule has 5 heteroatoms. The summed E-state index contributed by atoms with van der Waals surface area (Å²) in [6, 6.07) is 3.72. The van der Waals surface area contributed by atoms with Crippen molar-refractivity contribution in [3.63, 3.8) is 0 Å². The van der Waals surface area contributed by atoms with Gasteiger partial charge in [0.1, 0.15) is 5.69 Å². The minimum atomic E-state index is -0.0788. The first-order valence-corrected chi connectivity index (χ1v) is 7.68. The lowest BCUT2D eigenvalue weighted by Crippen LogP contribution is -2.39. The number of hydrogen-bond acceptors (Lipinski definition) is 4. The van der Waals surface area contributed by atoms with Crippen molar-refractivity contribution in [3.8, 4) is 0 Å². The zero-order valence-corrected chi connectivity index (χ0v) is 13.1. The topological polar surface area (TPSA) is 71.2 Å². The van der Waals surface area contributed by atoms with E-state index in [4.69, 9.17) is 5.73 Å². The van der Waals surface area contributed by atoms with Crippen LogP contribution in [0.4, 0.5) is 5.69 Å². The zero-order valence-electron chi connectivity index (χ0n) is 13.1. The Morgan fingerprint density at radius 1 is 1.38 bits per heavy atom. The first-order valence-electron chi connectivity index (χ1n) is 7.68. The highest BCUT2D eigenvalue weighted by Gasteiger charge is 2.30. The molecule has 1 aromatic rings. The van der Waals surface area contributed by atoms with E-state index in [2.05, 4.69) is 10.3 Å². The largest absolute Gasteiger partial charge is 0.384 e. The molecule has 1 amide bonds.